The summed E-state index contributed by atoms with van der Waals surface area (Å²) in [6.45, 7) is 2.91. The fraction of sp³-hybridized carbons (Fsp3) is 0.500. The van der Waals surface area contributed by atoms with E-state index in [0.717, 1.165) is 0 Å². The van der Waals surface area contributed by atoms with E-state index in [1.807, 2.05) is 17.0 Å². The molecule has 4 rings (SSSR count). The number of pyridine rings is 1. The van der Waals surface area contributed by atoms with Crippen molar-refractivity contribution >= 4 is 17.7 Å². The highest BCUT2D eigenvalue weighted by Gasteiger charge is 2.29. The van der Waals surface area contributed by atoms with Crippen molar-refractivity contribution in [1.82, 2.24) is 4.98 Å². The van der Waals surface area contributed by atoms with Gasteiger partial charge in [-0.2, -0.15) is 4.98 Å². The first-order chi connectivity index (χ1) is 16.0. The summed E-state index contributed by atoms with van der Waals surface area (Å²) in [5.74, 6) is 1.83. The van der Waals surface area contributed by atoms with Gasteiger partial charge in [0.2, 0.25) is 11.7 Å². The van der Waals surface area contributed by atoms with E-state index in [1.54, 1.807) is 6.92 Å². The van der Waals surface area contributed by atoms with Crippen molar-refractivity contribution in [3.05, 3.63) is 52.1 Å². The normalized spacial score (nSPS) is 17.1. The fourth-order valence-electron chi connectivity index (χ4n) is 4.52. The molecule has 2 aliphatic rings. The molecule has 9 nitrogen and oxygen atoms in total. The second-order valence-electron chi connectivity index (χ2n) is 8.39. The largest absolute Gasteiger partial charge is 0.508 e. The molecule has 176 valence electrons. The SMILES string of the molecule is CCOC(=O)OC1CCN(c2nc(Oc3ccc(C4CCCC4)cc3)ccc2[N+](=O)[O-])CC1. The van der Waals surface area contributed by atoms with Crippen LogP contribution >= 0.6 is 0 Å². The summed E-state index contributed by atoms with van der Waals surface area (Å²) < 4.78 is 16.0. The molecule has 1 saturated carbocycles. The Hall–Kier alpha value is -3.36. The van der Waals surface area contributed by atoms with Gasteiger partial charge < -0.3 is 19.1 Å². The Balaban J connectivity index is 1.44. The van der Waals surface area contributed by atoms with Crippen molar-refractivity contribution < 1.29 is 23.9 Å². The minimum absolute atomic E-state index is 0.0799. The minimum atomic E-state index is -0.686. The molecule has 0 N–H and O–H groups in total. The second-order valence-corrected chi connectivity index (χ2v) is 8.39. The van der Waals surface area contributed by atoms with Crippen molar-refractivity contribution in [2.45, 2.75) is 57.5 Å². The minimum Gasteiger partial charge on any atom is -0.439 e. The highest BCUT2D eigenvalue weighted by molar-refractivity contribution is 5.61. The van der Waals surface area contributed by atoms with E-state index in [0.29, 0.717) is 43.5 Å². The van der Waals surface area contributed by atoms with Crippen LogP contribution in [0, 0.1) is 10.1 Å². The standard InChI is InChI=1S/C24H29N3O6/c1-2-31-24(28)33-20-13-15-26(16-14-20)23-21(27(29)30)11-12-22(25-23)32-19-9-7-18(8-10-19)17-5-3-4-6-17/h7-12,17,20H,2-6,13-16H2,1H3. The van der Waals surface area contributed by atoms with Crippen LogP contribution in [0.15, 0.2) is 36.4 Å². The zero-order chi connectivity index (χ0) is 23.2. The molecule has 33 heavy (non-hydrogen) atoms. The highest BCUT2D eigenvalue weighted by atomic mass is 16.7. The maximum Gasteiger partial charge on any atom is 0.508 e. The summed E-state index contributed by atoms with van der Waals surface area (Å²) in [6.07, 6.45) is 5.13. The van der Waals surface area contributed by atoms with Crippen molar-refractivity contribution in [3.63, 3.8) is 0 Å². The third-order valence-electron chi connectivity index (χ3n) is 6.22. The topological polar surface area (TPSA) is 104 Å². The molecule has 0 spiro atoms. The summed E-state index contributed by atoms with van der Waals surface area (Å²) in [4.78, 5) is 29.0. The van der Waals surface area contributed by atoms with E-state index in [2.05, 4.69) is 17.1 Å². The first kappa shape index (κ1) is 22.8. The number of piperidine rings is 1. The van der Waals surface area contributed by atoms with Gasteiger partial charge in [-0.3, -0.25) is 10.1 Å². The lowest BCUT2D eigenvalue weighted by Gasteiger charge is -2.31. The third-order valence-corrected chi connectivity index (χ3v) is 6.22. The lowest BCUT2D eigenvalue weighted by Crippen LogP contribution is -2.38. The second kappa shape index (κ2) is 10.5. The molecule has 1 saturated heterocycles. The van der Waals surface area contributed by atoms with E-state index in [4.69, 9.17) is 14.2 Å². The van der Waals surface area contributed by atoms with Crippen LogP contribution < -0.4 is 9.64 Å². The molecule has 0 amide bonds. The molecule has 2 heterocycles. The van der Waals surface area contributed by atoms with Crippen molar-refractivity contribution in [1.29, 1.82) is 0 Å². The van der Waals surface area contributed by atoms with E-state index < -0.39 is 11.1 Å². The van der Waals surface area contributed by atoms with Crippen LogP contribution in [0.1, 0.15) is 56.9 Å². The highest BCUT2D eigenvalue weighted by Crippen LogP contribution is 2.36. The number of nitro groups is 1. The molecular weight excluding hydrogens is 426 g/mol. The van der Waals surface area contributed by atoms with E-state index >= 15 is 0 Å². The van der Waals surface area contributed by atoms with E-state index in [1.165, 1.54) is 43.4 Å². The molecule has 0 atom stereocenters. The van der Waals surface area contributed by atoms with Crippen molar-refractivity contribution in [2.24, 2.45) is 0 Å². The molecule has 1 aliphatic carbocycles. The van der Waals surface area contributed by atoms with Gasteiger partial charge in [-0.15, -0.1) is 0 Å². The third kappa shape index (κ3) is 5.71. The van der Waals surface area contributed by atoms with Gasteiger partial charge in [0.15, 0.2) is 0 Å². The van der Waals surface area contributed by atoms with Gasteiger partial charge in [-0.25, -0.2) is 4.79 Å². The Morgan fingerprint density at radius 2 is 1.79 bits per heavy atom. The quantitative estimate of drug-likeness (QED) is 0.303. The van der Waals surface area contributed by atoms with Crippen LogP contribution in [0.25, 0.3) is 0 Å². The molecule has 1 aromatic heterocycles. The number of hydrogen-bond donors (Lipinski definition) is 0. The zero-order valence-corrected chi connectivity index (χ0v) is 18.8. The van der Waals surface area contributed by atoms with Gasteiger partial charge in [-0.05, 0) is 43.4 Å². The summed E-state index contributed by atoms with van der Waals surface area (Å²) in [5, 5.41) is 11.6. The molecule has 1 aromatic carbocycles. The molecule has 1 aliphatic heterocycles. The number of ether oxygens (including phenoxy) is 3. The summed E-state index contributed by atoms with van der Waals surface area (Å²) >= 11 is 0. The maximum atomic E-state index is 11.6. The summed E-state index contributed by atoms with van der Waals surface area (Å²) in [6, 6.07) is 11.0. The Bertz CT molecular complexity index is 967. The van der Waals surface area contributed by atoms with Gasteiger partial charge >= 0.3 is 11.8 Å². The number of anilines is 1. The first-order valence-electron chi connectivity index (χ1n) is 11.5. The Kier molecular flexibility index (Phi) is 7.26. The van der Waals surface area contributed by atoms with Gasteiger partial charge in [0.1, 0.15) is 11.9 Å². The Morgan fingerprint density at radius 1 is 1.09 bits per heavy atom. The monoisotopic (exact) mass is 455 g/mol. The molecule has 2 aromatic rings. The fourth-order valence-corrected chi connectivity index (χ4v) is 4.52. The number of nitrogens with zero attached hydrogens (tertiary/aromatic N) is 3. The van der Waals surface area contributed by atoms with Crippen LogP contribution in [0.3, 0.4) is 0 Å². The molecule has 0 bridgehead atoms. The number of carbonyl (C=O) groups excluding carboxylic acids is 1. The van der Waals surface area contributed by atoms with Gasteiger partial charge in [0.05, 0.1) is 11.5 Å². The average Bonchev–Trinajstić information content (AvgIpc) is 3.35. The van der Waals surface area contributed by atoms with Crippen molar-refractivity contribution in [3.8, 4) is 11.6 Å². The zero-order valence-electron chi connectivity index (χ0n) is 18.8. The Labute approximate surface area is 192 Å². The predicted octanol–water partition coefficient (Wildman–Crippen LogP) is 5.58. The first-order valence-corrected chi connectivity index (χ1v) is 11.5. The number of aromatic nitrogens is 1. The number of rotatable bonds is 7. The van der Waals surface area contributed by atoms with E-state index in [9.17, 15) is 14.9 Å². The smallest absolute Gasteiger partial charge is 0.439 e. The predicted molar refractivity (Wildman–Crippen MR) is 122 cm³/mol. The summed E-state index contributed by atoms with van der Waals surface area (Å²) in [5.41, 5.74) is 1.24. The lowest BCUT2D eigenvalue weighted by atomic mass is 9.98. The average molecular weight is 456 g/mol. The molecule has 0 unspecified atom stereocenters. The van der Waals surface area contributed by atoms with Crippen LogP contribution in [-0.4, -0.2) is 41.9 Å². The van der Waals surface area contributed by atoms with Crippen LogP contribution in [0.5, 0.6) is 11.6 Å². The molecular formula is C24H29N3O6. The lowest BCUT2D eigenvalue weighted by molar-refractivity contribution is -0.384. The van der Waals surface area contributed by atoms with Crippen molar-refractivity contribution in [2.75, 3.05) is 24.6 Å². The number of hydrogen-bond acceptors (Lipinski definition) is 8. The van der Waals surface area contributed by atoms with Crippen LogP contribution in [-0.2, 0) is 9.47 Å². The van der Waals surface area contributed by atoms with Gasteiger partial charge in [0, 0.05) is 38.1 Å². The molecule has 0 radical (unpaired) electrons. The van der Waals surface area contributed by atoms with Crippen LogP contribution in [0.2, 0.25) is 0 Å². The van der Waals surface area contributed by atoms with Gasteiger partial charge in [0.25, 0.3) is 0 Å². The Morgan fingerprint density at radius 3 is 2.42 bits per heavy atom. The molecule has 9 heteroatoms. The number of benzene rings is 1. The van der Waals surface area contributed by atoms with E-state index in [-0.39, 0.29) is 24.2 Å². The van der Waals surface area contributed by atoms with Gasteiger partial charge in [-0.1, -0.05) is 25.0 Å². The maximum absolute atomic E-state index is 11.6. The van der Waals surface area contributed by atoms with Crippen LogP contribution in [0.4, 0.5) is 16.3 Å². The summed E-state index contributed by atoms with van der Waals surface area (Å²) in [7, 11) is 0. The number of carbonyl (C=O) groups is 1. The molecule has 2 fully saturated rings.